The minimum Gasteiger partial charge on any atom is -0.462 e. The van der Waals surface area contributed by atoms with Crippen molar-refractivity contribution in [1.82, 2.24) is 0 Å². The molecule has 1 saturated heterocycles. The van der Waals surface area contributed by atoms with E-state index in [1.807, 2.05) is 0 Å². The molecule has 48 heavy (non-hydrogen) atoms. The van der Waals surface area contributed by atoms with E-state index in [9.17, 15) is 37.9 Å². The SMILES string of the molecule is CCCCCCCCCCCCC(=O)OC[C@H](CO[C@@H]1O[C@H](CS(=O)(=O)O)[C@@H](O)[C@H](O)[C@H]1O)OC(=O)CCCCCCCCCCCC. The average Bonchev–Trinajstić information content (AvgIpc) is 3.04. The minimum absolute atomic E-state index is 0.170. The second-order valence-corrected chi connectivity index (χ2v) is 14.8. The molecule has 0 saturated carbocycles. The van der Waals surface area contributed by atoms with E-state index in [1.54, 1.807) is 0 Å². The lowest BCUT2D eigenvalue weighted by atomic mass is 10.00. The fraction of sp³-hybridized carbons (Fsp3) is 0.943. The van der Waals surface area contributed by atoms with Crippen molar-refractivity contribution in [2.45, 2.75) is 192 Å². The van der Waals surface area contributed by atoms with E-state index in [0.29, 0.717) is 12.8 Å². The van der Waals surface area contributed by atoms with Crippen molar-refractivity contribution < 1.29 is 56.8 Å². The number of ether oxygens (including phenoxy) is 4. The summed E-state index contributed by atoms with van der Waals surface area (Å²) in [6, 6.07) is 0. The van der Waals surface area contributed by atoms with Gasteiger partial charge in [0.15, 0.2) is 12.4 Å². The van der Waals surface area contributed by atoms with Crippen LogP contribution in [0.1, 0.15) is 155 Å². The molecule has 1 rings (SSSR count). The molecule has 0 radical (unpaired) electrons. The highest BCUT2D eigenvalue weighted by atomic mass is 32.2. The van der Waals surface area contributed by atoms with Crippen LogP contribution in [0.3, 0.4) is 0 Å². The summed E-state index contributed by atoms with van der Waals surface area (Å²) in [4.78, 5) is 25.1. The molecule has 0 unspecified atom stereocenters. The standard InChI is InChI=1S/C35H66O12S/c1-3-5-7-9-11-13-15-17-19-21-23-30(36)44-25-28(46-31(37)24-22-20-18-16-14-12-10-8-6-4-2)26-45-35-34(40)33(39)32(38)29(47-35)27-48(41,42)43/h28-29,32-35,38-40H,3-27H2,1-2H3,(H,41,42,43)/t28-,29-,32-,33+,34-,35-/m1/s1. The monoisotopic (exact) mass is 710 g/mol. The minimum atomic E-state index is -4.59. The summed E-state index contributed by atoms with van der Waals surface area (Å²) in [7, 11) is -4.59. The largest absolute Gasteiger partial charge is 0.462 e. The Morgan fingerprint density at radius 2 is 1.06 bits per heavy atom. The second-order valence-electron chi connectivity index (χ2n) is 13.3. The quantitative estimate of drug-likeness (QED) is 0.0401. The zero-order chi connectivity index (χ0) is 35.6. The van der Waals surface area contributed by atoms with E-state index >= 15 is 0 Å². The predicted molar refractivity (Wildman–Crippen MR) is 183 cm³/mol. The van der Waals surface area contributed by atoms with Gasteiger partial charge in [-0.05, 0) is 12.8 Å². The van der Waals surface area contributed by atoms with Gasteiger partial charge in [-0.15, -0.1) is 0 Å². The Labute approximate surface area is 289 Å². The van der Waals surface area contributed by atoms with E-state index in [4.69, 9.17) is 18.9 Å². The molecule has 1 heterocycles. The van der Waals surface area contributed by atoms with Gasteiger partial charge in [-0.3, -0.25) is 14.1 Å². The third-order valence-corrected chi connectivity index (χ3v) is 9.44. The number of carbonyl (C=O) groups excluding carboxylic acids is 2. The van der Waals surface area contributed by atoms with Crippen molar-refractivity contribution >= 4 is 22.1 Å². The summed E-state index contributed by atoms with van der Waals surface area (Å²) >= 11 is 0. The lowest BCUT2D eigenvalue weighted by molar-refractivity contribution is -0.297. The average molecular weight is 711 g/mol. The second kappa shape index (κ2) is 27.4. The number of unbranched alkanes of at least 4 members (excludes halogenated alkanes) is 18. The lowest BCUT2D eigenvalue weighted by Crippen LogP contribution is -2.60. The Bertz CT molecular complexity index is 931. The van der Waals surface area contributed by atoms with Crippen LogP contribution < -0.4 is 0 Å². The van der Waals surface area contributed by atoms with Crippen LogP contribution in [0.2, 0.25) is 0 Å². The van der Waals surface area contributed by atoms with Crippen LogP contribution >= 0.6 is 0 Å². The van der Waals surface area contributed by atoms with Crippen molar-refractivity contribution in [2.75, 3.05) is 19.0 Å². The molecule has 0 aliphatic carbocycles. The number of aliphatic hydroxyl groups excluding tert-OH is 3. The van der Waals surface area contributed by atoms with Crippen LogP contribution in [0, 0.1) is 0 Å². The smallest absolute Gasteiger partial charge is 0.306 e. The first kappa shape index (κ1) is 44.7. The highest BCUT2D eigenvalue weighted by Crippen LogP contribution is 2.24. The molecule has 4 N–H and O–H groups in total. The van der Waals surface area contributed by atoms with Gasteiger partial charge < -0.3 is 34.3 Å². The summed E-state index contributed by atoms with van der Waals surface area (Å²) < 4.78 is 53.7. The van der Waals surface area contributed by atoms with Crippen LogP contribution in [0.15, 0.2) is 0 Å². The zero-order valence-corrected chi connectivity index (χ0v) is 30.4. The zero-order valence-electron chi connectivity index (χ0n) is 29.6. The molecule has 1 aliphatic rings. The summed E-state index contributed by atoms with van der Waals surface area (Å²) in [6.45, 7) is 3.70. The van der Waals surface area contributed by atoms with Gasteiger partial charge in [0.2, 0.25) is 0 Å². The Balaban J connectivity index is 2.55. The molecular formula is C35H66O12S. The summed E-state index contributed by atoms with van der Waals surface area (Å²) in [6.07, 6.45) is 13.2. The molecule has 0 bridgehead atoms. The highest BCUT2D eigenvalue weighted by molar-refractivity contribution is 7.85. The van der Waals surface area contributed by atoms with Crippen molar-refractivity contribution in [3.05, 3.63) is 0 Å². The fourth-order valence-electron chi connectivity index (χ4n) is 5.73. The van der Waals surface area contributed by atoms with Crippen LogP contribution in [0.4, 0.5) is 0 Å². The topological polar surface area (TPSA) is 186 Å². The van der Waals surface area contributed by atoms with Gasteiger partial charge in [0.05, 0.1) is 6.61 Å². The molecule has 12 nitrogen and oxygen atoms in total. The predicted octanol–water partition coefficient (Wildman–Crippen LogP) is 5.78. The van der Waals surface area contributed by atoms with Gasteiger partial charge in [0, 0.05) is 12.8 Å². The Morgan fingerprint density at radius 3 is 1.52 bits per heavy atom. The molecular weight excluding hydrogens is 644 g/mol. The Hall–Kier alpha value is -1.35. The number of esters is 2. The first-order valence-corrected chi connectivity index (χ1v) is 20.2. The number of hydrogen-bond donors (Lipinski definition) is 4. The van der Waals surface area contributed by atoms with Gasteiger partial charge in [0.25, 0.3) is 10.1 Å². The maximum Gasteiger partial charge on any atom is 0.306 e. The van der Waals surface area contributed by atoms with Gasteiger partial charge in [-0.2, -0.15) is 8.42 Å². The molecule has 0 aromatic heterocycles. The van der Waals surface area contributed by atoms with E-state index < -0.39 is 71.2 Å². The molecule has 0 spiro atoms. The third kappa shape index (κ3) is 22.4. The van der Waals surface area contributed by atoms with E-state index in [2.05, 4.69) is 13.8 Å². The fourth-order valence-corrected chi connectivity index (χ4v) is 6.43. The number of hydrogen-bond acceptors (Lipinski definition) is 11. The van der Waals surface area contributed by atoms with Crippen LogP contribution in [-0.4, -0.2) is 96.0 Å². The number of aliphatic hydroxyl groups is 3. The maximum absolute atomic E-state index is 12.7. The van der Waals surface area contributed by atoms with Crippen LogP contribution in [0.5, 0.6) is 0 Å². The maximum atomic E-state index is 12.7. The molecule has 13 heteroatoms. The summed E-state index contributed by atoms with van der Waals surface area (Å²) in [5.74, 6) is -1.98. The van der Waals surface area contributed by atoms with Gasteiger partial charge >= 0.3 is 11.9 Å². The normalized spacial score (nSPS) is 22.0. The van der Waals surface area contributed by atoms with Crippen molar-refractivity contribution in [3.8, 4) is 0 Å². The Morgan fingerprint density at radius 1 is 0.625 bits per heavy atom. The van der Waals surface area contributed by atoms with Gasteiger partial charge in [-0.25, -0.2) is 0 Å². The Kier molecular flexibility index (Phi) is 25.5. The van der Waals surface area contributed by atoms with Crippen LogP contribution in [0.25, 0.3) is 0 Å². The van der Waals surface area contributed by atoms with E-state index in [-0.39, 0.29) is 19.4 Å². The number of rotatable bonds is 30. The molecule has 0 amide bonds. The highest BCUT2D eigenvalue weighted by Gasteiger charge is 2.46. The summed E-state index contributed by atoms with van der Waals surface area (Å²) in [5.41, 5.74) is 0. The number of carbonyl (C=O) groups is 2. The molecule has 0 aromatic carbocycles. The van der Waals surface area contributed by atoms with Crippen molar-refractivity contribution in [3.63, 3.8) is 0 Å². The molecule has 1 fully saturated rings. The van der Waals surface area contributed by atoms with E-state index in [1.165, 1.54) is 77.0 Å². The lowest BCUT2D eigenvalue weighted by Gasteiger charge is -2.40. The molecule has 6 atom stereocenters. The summed E-state index contributed by atoms with van der Waals surface area (Å²) in [5, 5.41) is 30.7. The van der Waals surface area contributed by atoms with E-state index in [0.717, 1.165) is 38.5 Å². The first-order chi connectivity index (χ1) is 23.0. The van der Waals surface area contributed by atoms with Crippen molar-refractivity contribution in [1.29, 1.82) is 0 Å². The first-order valence-electron chi connectivity index (χ1n) is 18.6. The molecule has 0 aromatic rings. The third-order valence-electron chi connectivity index (χ3n) is 8.69. The van der Waals surface area contributed by atoms with Gasteiger partial charge in [-0.1, -0.05) is 129 Å². The van der Waals surface area contributed by atoms with Crippen molar-refractivity contribution in [2.24, 2.45) is 0 Å². The molecule has 284 valence electrons. The van der Waals surface area contributed by atoms with Gasteiger partial charge in [0.1, 0.15) is 36.8 Å². The van der Waals surface area contributed by atoms with Crippen LogP contribution in [-0.2, 0) is 38.7 Å². The molecule has 1 aliphatic heterocycles.